The number of rotatable bonds is 6. The third-order valence-corrected chi connectivity index (χ3v) is 4.14. The lowest BCUT2D eigenvalue weighted by Crippen LogP contribution is -2.47. The minimum absolute atomic E-state index is 0.00598. The predicted molar refractivity (Wildman–Crippen MR) is 85.5 cm³/mol. The first kappa shape index (κ1) is 17.8. The van der Waals surface area contributed by atoms with E-state index in [-0.39, 0.29) is 23.8 Å². The molecule has 2 rings (SSSR count). The van der Waals surface area contributed by atoms with Gasteiger partial charge in [-0.2, -0.15) is 0 Å². The number of hydrogen-bond donors (Lipinski definition) is 1. The Balaban J connectivity index is 1.77. The van der Waals surface area contributed by atoms with E-state index in [2.05, 4.69) is 5.32 Å². The quantitative estimate of drug-likeness (QED) is 0.751. The topological polar surface area (TPSA) is 75.7 Å². The molecule has 23 heavy (non-hydrogen) atoms. The third kappa shape index (κ3) is 5.84. The Hall–Kier alpha value is -1.59. The molecule has 1 saturated heterocycles. The molecule has 0 radical (unpaired) electrons. The minimum atomic E-state index is -0.457. The molecule has 0 bridgehead atoms. The smallest absolute Gasteiger partial charge is 0.325 e. The Morgan fingerprint density at radius 2 is 1.87 bits per heavy atom. The number of hydrogen-bond acceptors (Lipinski definition) is 4. The van der Waals surface area contributed by atoms with E-state index >= 15 is 0 Å². The lowest BCUT2D eigenvalue weighted by atomic mass is 9.91. The number of carbonyl (C=O) groups excluding carboxylic acids is 3. The van der Waals surface area contributed by atoms with Crippen molar-refractivity contribution in [2.45, 2.75) is 58.9 Å². The van der Waals surface area contributed by atoms with Crippen molar-refractivity contribution in [2.24, 2.45) is 11.3 Å². The van der Waals surface area contributed by atoms with Crippen LogP contribution < -0.4 is 5.32 Å². The molecule has 0 aromatic carbocycles. The number of likely N-dealkylation sites (tertiary alicyclic amines) is 1. The van der Waals surface area contributed by atoms with Crippen LogP contribution in [0.4, 0.5) is 0 Å². The molecule has 1 aliphatic carbocycles. The maximum atomic E-state index is 12.4. The van der Waals surface area contributed by atoms with Gasteiger partial charge in [-0.05, 0) is 37.0 Å². The Morgan fingerprint density at radius 3 is 2.48 bits per heavy atom. The summed E-state index contributed by atoms with van der Waals surface area (Å²) in [5.41, 5.74) is -0.104. The van der Waals surface area contributed by atoms with Crippen molar-refractivity contribution in [3.63, 3.8) is 0 Å². The Bertz CT molecular complexity index is 466. The summed E-state index contributed by atoms with van der Waals surface area (Å²) in [4.78, 5) is 37.8. The van der Waals surface area contributed by atoms with Crippen LogP contribution in [0.3, 0.4) is 0 Å². The first-order valence-corrected chi connectivity index (χ1v) is 8.49. The lowest BCUT2D eigenvalue weighted by Gasteiger charge is -2.27. The van der Waals surface area contributed by atoms with Crippen LogP contribution in [-0.2, 0) is 19.1 Å². The number of carbonyl (C=O) groups is 3. The standard InChI is InChI=1S/C17H28N2O4/c1-17(2,3)9-14(20)19-8-4-5-13(19)16(22)18-10-15(21)23-11-12-6-7-12/h12-13H,4-11H2,1-3H3,(H,18,22). The maximum Gasteiger partial charge on any atom is 0.325 e. The van der Waals surface area contributed by atoms with Crippen LogP contribution in [0.15, 0.2) is 0 Å². The zero-order valence-corrected chi connectivity index (χ0v) is 14.4. The van der Waals surface area contributed by atoms with Crippen molar-refractivity contribution in [3.05, 3.63) is 0 Å². The summed E-state index contributed by atoms with van der Waals surface area (Å²) >= 11 is 0. The summed E-state index contributed by atoms with van der Waals surface area (Å²) < 4.78 is 5.08. The van der Waals surface area contributed by atoms with Crippen molar-refractivity contribution >= 4 is 17.8 Å². The lowest BCUT2D eigenvalue weighted by molar-refractivity contribution is -0.145. The zero-order valence-electron chi connectivity index (χ0n) is 14.4. The van der Waals surface area contributed by atoms with E-state index in [1.807, 2.05) is 20.8 Å². The molecule has 0 spiro atoms. The zero-order chi connectivity index (χ0) is 17.0. The van der Waals surface area contributed by atoms with Gasteiger partial charge in [-0.3, -0.25) is 14.4 Å². The van der Waals surface area contributed by atoms with Gasteiger partial charge in [0.2, 0.25) is 11.8 Å². The maximum absolute atomic E-state index is 12.4. The average molecular weight is 324 g/mol. The van der Waals surface area contributed by atoms with E-state index in [1.54, 1.807) is 4.90 Å². The van der Waals surface area contributed by atoms with Gasteiger partial charge >= 0.3 is 5.97 Å². The Labute approximate surface area is 137 Å². The molecular formula is C17H28N2O4. The molecule has 130 valence electrons. The van der Waals surface area contributed by atoms with E-state index in [0.29, 0.717) is 31.9 Å². The second kappa shape index (κ2) is 7.32. The van der Waals surface area contributed by atoms with E-state index in [0.717, 1.165) is 19.3 Å². The van der Waals surface area contributed by atoms with Crippen LogP contribution in [-0.4, -0.2) is 48.4 Å². The first-order valence-electron chi connectivity index (χ1n) is 8.49. The highest BCUT2D eigenvalue weighted by molar-refractivity contribution is 5.90. The predicted octanol–water partition coefficient (Wildman–Crippen LogP) is 1.48. The molecule has 1 atom stereocenters. The SMILES string of the molecule is CC(C)(C)CC(=O)N1CCCC1C(=O)NCC(=O)OCC1CC1. The number of amides is 2. The van der Waals surface area contributed by atoms with E-state index in [1.165, 1.54) is 0 Å². The van der Waals surface area contributed by atoms with Gasteiger partial charge in [-0.1, -0.05) is 20.8 Å². The third-order valence-electron chi connectivity index (χ3n) is 4.14. The van der Waals surface area contributed by atoms with Gasteiger partial charge in [0.05, 0.1) is 6.61 Å². The van der Waals surface area contributed by atoms with E-state index in [4.69, 9.17) is 4.74 Å². The summed E-state index contributed by atoms with van der Waals surface area (Å²) in [6.45, 7) is 6.96. The van der Waals surface area contributed by atoms with Crippen molar-refractivity contribution < 1.29 is 19.1 Å². The van der Waals surface area contributed by atoms with Gasteiger partial charge in [-0.25, -0.2) is 0 Å². The summed E-state index contributed by atoms with van der Waals surface area (Å²) in [5, 5.41) is 2.61. The van der Waals surface area contributed by atoms with Gasteiger partial charge in [0, 0.05) is 13.0 Å². The van der Waals surface area contributed by atoms with Crippen LogP contribution in [0.2, 0.25) is 0 Å². The second-order valence-electron chi connectivity index (χ2n) is 7.83. The van der Waals surface area contributed by atoms with Crippen molar-refractivity contribution in [2.75, 3.05) is 19.7 Å². The van der Waals surface area contributed by atoms with Crippen LogP contribution in [0.25, 0.3) is 0 Å². The summed E-state index contributed by atoms with van der Waals surface area (Å²) in [6.07, 6.45) is 4.12. The molecule has 1 unspecified atom stereocenters. The van der Waals surface area contributed by atoms with Gasteiger partial charge in [0.15, 0.2) is 0 Å². The number of esters is 1. The summed E-state index contributed by atoms with van der Waals surface area (Å²) in [5.74, 6) is -0.148. The fourth-order valence-electron chi connectivity index (χ4n) is 2.72. The first-order chi connectivity index (χ1) is 10.8. The molecule has 1 aliphatic heterocycles. The molecule has 0 aromatic rings. The molecule has 6 heteroatoms. The van der Waals surface area contributed by atoms with E-state index in [9.17, 15) is 14.4 Å². The highest BCUT2D eigenvalue weighted by atomic mass is 16.5. The molecule has 6 nitrogen and oxygen atoms in total. The van der Waals surface area contributed by atoms with Crippen LogP contribution in [0.5, 0.6) is 0 Å². The van der Waals surface area contributed by atoms with Crippen LogP contribution in [0.1, 0.15) is 52.9 Å². The fourth-order valence-corrected chi connectivity index (χ4v) is 2.72. The minimum Gasteiger partial charge on any atom is -0.464 e. The van der Waals surface area contributed by atoms with E-state index < -0.39 is 12.0 Å². The Morgan fingerprint density at radius 1 is 1.17 bits per heavy atom. The second-order valence-corrected chi connectivity index (χ2v) is 7.83. The van der Waals surface area contributed by atoms with Crippen LogP contribution >= 0.6 is 0 Å². The monoisotopic (exact) mass is 324 g/mol. The normalized spacial score (nSPS) is 21.2. The van der Waals surface area contributed by atoms with Gasteiger partial charge < -0.3 is 15.0 Å². The average Bonchev–Trinajstić information content (AvgIpc) is 3.14. The molecular weight excluding hydrogens is 296 g/mol. The Kier molecular flexibility index (Phi) is 5.65. The molecule has 2 aliphatic rings. The molecule has 0 aromatic heterocycles. The van der Waals surface area contributed by atoms with Gasteiger partial charge in [-0.15, -0.1) is 0 Å². The number of ether oxygens (including phenoxy) is 1. The fraction of sp³-hybridized carbons (Fsp3) is 0.824. The van der Waals surface area contributed by atoms with Gasteiger partial charge in [0.25, 0.3) is 0 Å². The molecule has 1 heterocycles. The molecule has 1 saturated carbocycles. The van der Waals surface area contributed by atoms with Crippen LogP contribution in [0, 0.1) is 11.3 Å². The molecule has 2 amide bonds. The largest absolute Gasteiger partial charge is 0.464 e. The summed E-state index contributed by atoms with van der Waals surface area (Å²) in [6, 6.07) is -0.457. The summed E-state index contributed by atoms with van der Waals surface area (Å²) in [7, 11) is 0. The highest BCUT2D eigenvalue weighted by Gasteiger charge is 2.35. The number of nitrogens with zero attached hydrogens (tertiary/aromatic N) is 1. The van der Waals surface area contributed by atoms with Crippen molar-refractivity contribution in [3.8, 4) is 0 Å². The molecule has 2 fully saturated rings. The number of nitrogens with one attached hydrogen (secondary N) is 1. The highest BCUT2D eigenvalue weighted by Crippen LogP contribution is 2.28. The van der Waals surface area contributed by atoms with Gasteiger partial charge in [0.1, 0.15) is 12.6 Å². The molecule has 1 N–H and O–H groups in total. The van der Waals surface area contributed by atoms with Crippen molar-refractivity contribution in [1.82, 2.24) is 10.2 Å². The van der Waals surface area contributed by atoms with Crippen molar-refractivity contribution in [1.29, 1.82) is 0 Å².